The minimum absolute atomic E-state index is 0. The van der Waals surface area contributed by atoms with Crippen LogP contribution >= 0.6 is 12.4 Å². The molecule has 2 heteroatoms. The van der Waals surface area contributed by atoms with Crippen molar-refractivity contribution in [3.8, 4) is 6.07 Å². The lowest BCUT2D eigenvalue weighted by atomic mass is 10.00. The van der Waals surface area contributed by atoms with Gasteiger partial charge in [0.2, 0.25) is 0 Å². The Morgan fingerprint density at radius 3 is 2.53 bits per heavy atom. The van der Waals surface area contributed by atoms with Crippen molar-refractivity contribution in [1.29, 1.82) is 5.26 Å². The summed E-state index contributed by atoms with van der Waals surface area (Å²) in [6, 6.07) is 17.1. The van der Waals surface area contributed by atoms with E-state index in [1.807, 2.05) is 0 Å². The van der Waals surface area contributed by atoms with E-state index in [0.29, 0.717) is 6.42 Å². The molecule has 0 aromatic heterocycles. The first-order chi connectivity index (χ1) is 7.92. The van der Waals surface area contributed by atoms with E-state index in [9.17, 15) is 0 Å². The molecule has 0 amide bonds. The van der Waals surface area contributed by atoms with E-state index in [4.69, 9.17) is 5.26 Å². The van der Waals surface area contributed by atoms with Crippen LogP contribution in [0.25, 0.3) is 10.8 Å². The molecule has 0 spiro atoms. The molecule has 0 aliphatic carbocycles. The highest BCUT2D eigenvalue weighted by Gasteiger charge is 1.99. The average Bonchev–Trinajstić information content (AvgIpc) is 2.35. The molecule has 2 aromatic carbocycles. The lowest BCUT2D eigenvalue weighted by molar-refractivity contribution is 0.755. The van der Waals surface area contributed by atoms with Gasteiger partial charge >= 0.3 is 0 Å². The van der Waals surface area contributed by atoms with Crippen molar-refractivity contribution in [3.05, 3.63) is 48.0 Å². The maximum absolute atomic E-state index is 8.49. The lowest BCUT2D eigenvalue weighted by Gasteiger charge is -2.05. The van der Waals surface area contributed by atoms with Crippen molar-refractivity contribution < 1.29 is 0 Å². The van der Waals surface area contributed by atoms with Gasteiger partial charge in [0.25, 0.3) is 0 Å². The Morgan fingerprint density at radius 1 is 0.941 bits per heavy atom. The van der Waals surface area contributed by atoms with Gasteiger partial charge in [-0.3, -0.25) is 0 Å². The fourth-order valence-electron chi connectivity index (χ4n) is 2.03. The molecule has 0 fully saturated rings. The fraction of sp³-hybridized carbons (Fsp3) is 0.267. The van der Waals surface area contributed by atoms with Gasteiger partial charge in [0.15, 0.2) is 0 Å². The van der Waals surface area contributed by atoms with Crippen molar-refractivity contribution in [2.75, 3.05) is 0 Å². The largest absolute Gasteiger partial charge is 0.198 e. The number of hydrogen-bond acceptors (Lipinski definition) is 1. The summed E-state index contributed by atoms with van der Waals surface area (Å²) in [5.74, 6) is 0. The van der Waals surface area contributed by atoms with Gasteiger partial charge in [0, 0.05) is 6.42 Å². The molecular formula is C15H16ClN. The second-order valence-electron chi connectivity index (χ2n) is 4.00. The number of hydrogen-bond donors (Lipinski definition) is 0. The SMILES string of the molecule is Cl.N#CCCCCc1cccc2ccccc12. The predicted octanol–water partition coefficient (Wildman–Crippen LogP) is 4.50. The molecule has 17 heavy (non-hydrogen) atoms. The summed E-state index contributed by atoms with van der Waals surface area (Å²) in [7, 11) is 0. The highest BCUT2D eigenvalue weighted by atomic mass is 35.5. The number of nitrogens with zero attached hydrogens (tertiary/aromatic N) is 1. The van der Waals surface area contributed by atoms with Crippen LogP contribution in [0.5, 0.6) is 0 Å². The molecule has 88 valence electrons. The van der Waals surface area contributed by atoms with Gasteiger partial charge < -0.3 is 0 Å². The summed E-state index contributed by atoms with van der Waals surface area (Å²) in [4.78, 5) is 0. The number of benzene rings is 2. The average molecular weight is 246 g/mol. The van der Waals surface area contributed by atoms with Gasteiger partial charge in [-0.05, 0) is 35.6 Å². The Kier molecular flexibility index (Phi) is 5.52. The monoisotopic (exact) mass is 245 g/mol. The molecule has 0 radical (unpaired) electrons. The summed E-state index contributed by atoms with van der Waals surface area (Å²) in [5, 5.41) is 11.1. The fourth-order valence-corrected chi connectivity index (χ4v) is 2.03. The Hall–Kier alpha value is -1.52. The molecule has 0 aliphatic rings. The highest BCUT2D eigenvalue weighted by molar-refractivity contribution is 5.85. The lowest BCUT2D eigenvalue weighted by Crippen LogP contribution is -1.87. The maximum Gasteiger partial charge on any atom is 0.0621 e. The Morgan fingerprint density at radius 2 is 1.71 bits per heavy atom. The van der Waals surface area contributed by atoms with Gasteiger partial charge in [-0.1, -0.05) is 42.5 Å². The van der Waals surface area contributed by atoms with Crippen LogP contribution in [0.4, 0.5) is 0 Å². The zero-order valence-corrected chi connectivity index (χ0v) is 10.5. The van der Waals surface area contributed by atoms with Gasteiger partial charge in [-0.15, -0.1) is 12.4 Å². The van der Waals surface area contributed by atoms with Crippen LogP contribution in [-0.4, -0.2) is 0 Å². The van der Waals surface area contributed by atoms with E-state index >= 15 is 0 Å². The van der Waals surface area contributed by atoms with Crippen LogP contribution in [0.15, 0.2) is 42.5 Å². The van der Waals surface area contributed by atoms with Gasteiger partial charge in [0.1, 0.15) is 0 Å². The summed E-state index contributed by atoms with van der Waals surface area (Å²) in [6.45, 7) is 0. The Bertz CT molecular complexity index is 508. The van der Waals surface area contributed by atoms with E-state index in [1.54, 1.807) is 0 Å². The molecule has 0 bridgehead atoms. The van der Waals surface area contributed by atoms with Crippen LogP contribution in [-0.2, 0) is 6.42 Å². The maximum atomic E-state index is 8.49. The van der Waals surface area contributed by atoms with Crippen molar-refractivity contribution in [1.82, 2.24) is 0 Å². The first-order valence-corrected chi connectivity index (χ1v) is 5.75. The Labute approximate surface area is 108 Å². The van der Waals surface area contributed by atoms with Crippen LogP contribution in [0.3, 0.4) is 0 Å². The van der Waals surface area contributed by atoms with Crippen molar-refractivity contribution in [3.63, 3.8) is 0 Å². The summed E-state index contributed by atoms with van der Waals surface area (Å²) < 4.78 is 0. The first kappa shape index (κ1) is 13.5. The number of halogens is 1. The Balaban J connectivity index is 0.00000144. The summed E-state index contributed by atoms with van der Waals surface area (Å²) in [5.41, 5.74) is 1.40. The molecule has 0 atom stereocenters. The van der Waals surface area contributed by atoms with Gasteiger partial charge in [0.05, 0.1) is 6.07 Å². The molecule has 0 heterocycles. The van der Waals surface area contributed by atoms with Crippen molar-refractivity contribution in [2.24, 2.45) is 0 Å². The van der Waals surface area contributed by atoms with Crippen LogP contribution in [0.1, 0.15) is 24.8 Å². The third-order valence-electron chi connectivity index (χ3n) is 2.86. The number of aryl methyl sites for hydroxylation is 1. The van der Waals surface area contributed by atoms with Crippen LogP contribution in [0, 0.1) is 11.3 Å². The molecule has 0 saturated carbocycles. The minimum Gasteiger partial charge on any atom is -0.198 e. The zero-order chi connectivity index (χ0) is 11.2. The molecule has 2 rings (SSSR count). The molecule has 0 aliphatic heterocycles. The van der Waals surface area contributed by atoms with E-state index in [2.05, 4.69) is 48.5 Å². The number of rotatable bonds is 4. The molecule has 0 N–H and O–H groups in total. The van der Waals surface area contributed by atoms with Crippen molar-refractivity contribution in [2.45, 2.75) is 25.7 Å². The highest BCUT2D eigenvalue weighted by Crippen LogP contribution is 2.20. The van der Waals surface area contributed by atoms with Crippen LogP contribution < -0.4 is 0 Å². The minimum atomic E-state index is 0. The number of fused-ring (bicyclic) bond motifs is 1. The van der Waals surface area contributed by atoms with E-state index in [0.717, 1.165) is 19.3 Å². The summed E-state index contributed by atoms with van der Waals surface area (Å²) >= 11 is 0. The topological polar surface area (TPSA) is 23.8 Å². The first-order valence-electron chi connectivity index (χ1n) is 5.75. The standard InChI is InChI=1S/C15H15N.ClH/c16-12-5-1-2-7-13-9-6-10-14-8-3-4-11-15(13)14;/h3-4,6,8-11H,1-2,5,7H2;1H. The summed E-state index contributed by atoms with van der Waals surface area (Å²) in [6.07, 6.45) is 3.84. The molecule has 1 nitrogen and oxygen atoms in total. The smallest absolute Gasteiger partial charge is 0.0621 e. The molecule has 0 saturated heterocycles. The second kappa shape index (κ2) is 6.93. The third-order valence-corrected chi connectivity index (χ3v) is 2.86. The number of unbranched alkanes of at least 4 members (excludes halogenated alkanes) is 2. The van der Waals surface area contributed by atoms with Gasteiger partial charge in [-0.2, -0.15) is 5.26 Å². The molecule has 2 aromatic rings. The molecule has 0 unspecified atom stereocenters. The van der Waals surface area contributed by atoms with Gasteiger partial charge in [-0.25, -0.2) is 0 Å². The quantitative estimate of drug-likeness (QED) is 0.728. The second-order valence-corrected chi connectivity index (χ2v) is 4.00. The zero-order valence-electron chi connectivity index (χ0n) is 9.73. The van der Waals surface area contributed by atoms with E-state index < -0.39 is 0 Å². The number of nitriles is 1. The normalized spacial score (nSPS) is 9.59. The predicted molar refractivity (Wildman–Crippen MR) is 74.4 cm³/mol. The third kappa shape index (κ3) is 3.47. The van der Waals surface area contributed by atoms with E-state index in [-0.39, 0.29) is 12.4 Å². The van der Waals surface area contributed by atoms with Crippen molar-refractivity contribution >= 4 is 23.2 Å². The van der Waals surface area contributed by atoms with Crippen LogP contribution in [0.2, 0.25) is 0 Å². The molecular weight excluding hydrogens is 230 g/mol. The van der Waals surface area contributed by atoms with E-state index in [1.165, 1.54) is 16.3 Å².